The lowest BCUT2D eigenvalue weighted by atomic mass is 9.84. The van der Waals surface area contributed by atoms with E-state index < -0.39 is 5.41 Å². The summed E-state index contributed by atoms with van der Waals surface area (Å²) >= 11 is 1.42. The minimum absolute atomic E-state index is 0.214. The zero-order valence-electron chi connectivity index (χ0n) is 18.5. The van der Waals surface area contributed by atoms with Crippen LogP contribution in [0.1, 0.15) is 54.0 Å². The van der Waals surface area contributed by atoms with Crippen molar-refractivity contribution < 1.29 is 19.1 Å². The molecule has 3 rings (SSSR count). The van der Waals surface area contributed by atoms with Crippen LogP contribution in [0, 0.1) is 0 Å². The van der Waals surface area contributed by atoms with E-state index in [9.17, 15) is 14.4 Å². The number of carbonyl (C=O) groups excluding carboxylic acids is 3. The zero-order valence-corrected chi connectivity index (χ0v) is 19.3. The third-order valence-corrected chi connectivity index (χ3v) is 5.63. The fourth-order valence-corrected chi connectivity index (χ4v) is 3.62. The van der Waals surface area contributed by atoms with Crippen LogP contribution in [0.15, 0.2) is 66.0 Å². The van der Waals surface area contributed by atoms with E-state index in [0.717, 1.165) is 10.6 Å². The predicted octanol–water partition coefficient (Wildman–Crippen LogP) is 5.48. The van der Waals surface area contributed by atoms with Gasteiger partial charge in [0.15, 0.2) is 0 Å². The Morgan fingerprint density at radius 2 is 1.53 bits per heavy atom. The maximum absolute atomic E-state index is 12.8. The van der Waals surface area contributed by atoms with Crippen LogP contribution >= 0.6 is 11.3 Å². The number of rotatable bonds is 7. The molecule has 7 heteroatoms. The van der Waals surface area contributed by atoms with Crippen LogP contribution in [0.2, 0.25) is 0 Å². The Morgan fingerprint density at radius 3 is 2.16 bits per heavy atom. The molecule has 0 radical (unpaired) electrons. The lowest BCUT2D eigenvalue weighted by molar-refractivity contribution is -0.153. The summed E-state index contributed by atoms with van der Waals surface area (Å²) in [6.45, 7) is 7.18. The van der Waals surface area contributed by atoms with Gasteiger partial charge in [0, 0.05) is 16.8 Å². The van der Waals surface area contributed by atoms with Crippen LogP contribution in [-0.4, -0.2) is 23.9 Å². The lowest BCUT2D eigenvalue weighted by Gasteiger charge is -2.25. The van der Waals surface area contributed by atoms with Gasteiger partial charge in [-0.05, 0) is 81.1 Å². The summed E-state index contributed by atoms with van der Waals surface area (Å²) in [5.74, 6) is -0.967. The SMILES string of the molecule is CC(C)OC(=O)C(C)(C)c1cccc(NC(=O)c2cccc(C(=O)Nc3cccs3)c2)c1. The van der Waals surface area contributed by atoms with Crippen molar-refractivity contribution in [2.75, 3.05) is 10.6 Å². The Kier molecular flexibility index (Phi) is 7.10. The first-order valence-corrected chi connectivity index (χ1v) is 11.1. The van der Waals surface area contributed by atoms with Crippen molar-refractivity contribution in [1.29, 1.82) is 0 Å². The molecule has 1 aromatic heterocycles. The smallest absolute Gasteiger partial charge is 0.316 e. The topological polar surface area (TPSA) is 84.5 Å². The first-order chi connectivity index (χ1) is 15.2. The quantitative estimate of drug-likeness (QED) is 0.467. The average molecular weight is 451 g/mol. The van der Waals surface area contributed by atoms with E-state index in [1.807, 2.05) is 23.6 Å². The molecule has 0 spiro atoms. The van der Waals surface area contributed by atoms with E-state index in [0.29, 0.717) is 16.8 Å². The molecule has 2 N–H and O–H groups in total. The molecule has 1 heterocycles. The highest BCUT2D eigenvalue weighted by molar-refractivity contribution is 7.14. The molecule has 2 amide bonds. The number of ether oxygens (including phenoxy) is 1. The molecule has 32 heavy (non-hydrogen) atoms. The van der Waals surface area contributed by atoms with Gasteiger partial charge < -0.3 is 15.4 Å². The van der Waals surface area contributed by atoms with Gasteiger partial charge in [0.25, 0.3) is 11.8 Å². The maximum Gasteiger partial charge on any atom is 0.316 e. The lowest BCUT2D eigenvalue weighted by Crippen LogP contribution is -2.33. The van der Waals surface area contributed by atoms with Crippen molar-refractivity contribution in [1.82, 2.24) is 0 Å². The Labute approximate surface area is 191 Å². The first-order valence-electron chi connectivity index (χ1n) is 10.2. The molecule has 6 nitrogen and oxygen atoms in total. The van der Waals surface area contributed by atoms with Gasteiger partial charge in [0.05, 0.1) is 16.5 Å². The van der Waals surface area contributed by atoms with Gasteiger partial charge in [-0.1, -0.05) is 18.2 Å². The number of nitrogens with one attached hydrogen (secondary N) is 2. The summed E-state index contributed by atoms with van der Waals surface area (Å²) in [5, 5.41) is 8.26. The third kappa shape index (κ3) is 5.62. The maximum atomic E-state index is 12.8. The number of amides is 2. The molecule has 0 unspecified atom stereocenters. The fourth-order valence-electron chi connectivity index (χ4n) is 3.00. The zero-order chi connectivity index (χ0) is 23.3. The number of hydrogen-bond acceptors (Lipinski definition) is 5. The van der Waals surface area contributed by atoms with Crippen molar-refractivity contribution in [3.05, 3.63) is 82.7 Å². The molecule has 0 aliphatic rings. The molecule has 0 bridgehead atoms. The molecule has 0 saturated heterocycles. The molecule has 0 aliphatic heterocycles. The monoisotopic (exact) mass is 450 g/mol. The molecule has 0 fully saturated rings. The third-order valence-electron chi connectivity index (χ3n) is 4.84. The molecule has 0 saturated carbocycles. The highest BCUT2D eigenvalue weighted by atomic mass is 32.1. The Morgan fingerprint density at radius 1 is 0.875 bits per heavy atom. The fraction of sp³-hybridized carbons (Fsp3) is 0.240. The number of thiophene rings is 1. The van der Waals surface area contributed by atoms with Gasteiger partial charge in [0.2, 0.25) is 0 Å². The van der Waals surface area contributed by atoms with Crippen molar-refractivity contribution in [2.24, 2.45) is 0 Å². The van der Waals surface area contributed by atoms with Gasteiger partial charge in [-0.2, -0.15) is 0 Å². The largest absolute Gasteiger partial charge is 0.462 e. The van der Waals surface area contributed by atoms with E-state index in [2.05, 4.69) is 10.6 Å². The summed E-state index contributed by atoms with van der Waals surface area (Å²) in [6.07, 6.45) is -0.214. The van der Waals surface area contributed by atoms with Crippen molar-refractivity contribution in [3.63, 3.8) is 0 Å². The predicted molar refractivity (Wildman–Crippen MR) is 127 cm³/mol. The van der Waals surface area contributed by atoms with Crippen LogP contribution in [0.3, 0.4) is 0 Å². The molecule has 0 atom stereocenters. The van der Waals surface area contributed by atoms with E-state index >= 15 is 0 Å². The van der Waals surface area contributed by atoms with E-state index in [1.54, 1.807) is 70.2 Å². The molecule has 166 valence electrons. The minimum atomic E-state index is -0.870. The second kappa shape index (κ2) is 9.78. The van der Waals surface area contributed by atoms with E-state index in [-0.39, 0.29) is 23.9 Å². The van der Waals surface area contributed by atoms with Gasteiger partial charge in [0.1, 0.15) is 0 Å². The van der Waals surface area contributed by atoms with Gasteiger partial charge in [-0.25, -0.2) is 0 Å². The highest BCUT2D eigenvalue weighted by Gasteiger charge is 2.32. The first kappa shape index (κ1) is 23.2. The van der Waals surface area contributed by atoms with Gasteiger partial charge in [-0.15, -0.1) is 11.3 Å². The second-order valence-electron chi connectivity index (χ2n) is 8.13. The Balaban J connectivity index is 1.74. The summed E-state index contributed by atoms with van der Waals surface area (Å²) in [4.78, 5) is 37.8. The molecular weight excluding hydrogens is 424 g/mol. The number of esters is 1. The highest BCUT2D eigenvalue weighted by Crippen LogP contribution is 2.28. The van der Waals surface area contributed by atoms with Crippen LogP contribution < -0.4 is 10.6 Å². The number of anilines is 2. The van der Waals surface area contributed by atoms with Crippen LogP contribution in [0.4, 0.5) is 10.7 Å². The van der Waals surface area contributed by atoms with Crippen molar-refractivity contribution >= 4 is 39.8 Å². The average Bonchev–Trinajstić information content (AvgIpc) is 3.26. The standard InChI is InChI=1S/C25H26N2O4S/c1-16(2)31-24(30)25(3,4)19-10-6-11-20(15-19)26-22(28)17-8-5-9-18(14-17)23(29)27-21-12-7-13-32-21/h5-16H,1-4H3,(H,26,28)(H,27,29). The summed E-state index contributed by atoms with van der Waals surface area (Å²) < 4.78 is 5.37. The van der Waals surface area contributed by atoms with Crippen LogP contribution in [0.25, 0.3) is 0 Å². The summed E-state index contributed by atoms with van der Waals surface area (Å²) in [6, 6.07) is 17.3. The Bertz CT molecular complexity index is 1120. The second-order valence-corrected chi connectivity index (χ2v) is 9.07. The van der Waals surface area contributed by atoms with Gasteiger partial charge in [-0.3, -0.25) is 14.4 Å². The molecule has 0 aliphatic carbocycles. The van der Waals surface area contributed by atoms with E-state index in [4.69, 9.17) is 4.74 Å². The van der Waals surface area contributed by atoms with Crippen LogP contribution in [0.5, 0.6) is 0 Å². The summed E-state index contributed by atoms with van der Waals surface area (Å²) in [5.41, 5.74) is 1.15. The summed E-state index contributed by atoms with van der Waals surface area (Å²) in [7, 11) is 0. The van der Waals surface area contributed by atoms with Crippen LogP contribution in [-0.2, 0) is 14.9 Å². The van der Waals surface area contributed by atoms with E-state index in [1.165, 1.54) is 11.3 Å². The van der Waals surface area contributed by atoms with Gasteiger partial charge >= 0.3 is 5.97 Å². The Hall–Kier alpha value is -3.45. The minimum Gasteiger partial charge on any atom is -0.462 e. The normalized spacial score (nSPS) is 11.2. The number of carbonyl (C=O) groups is 3. The molecule has 2 aromatic carbocycles. The number of benzene rings is 2. The molecular formula is C25H26N2O4S. The molecule has 3 aromatic rings. The van der Waals surface area contributed by atoms with Crippen molar-refractivity contribution in [2.45, 2.75) is 39.2 Å². The van der Waals surface area contributed by atoms with Crippen molar-refractivity contribution in [3.8, 4) is 0 Å². The number of hydrogen-bond donors (Lipinski definition) is 2.